The molecule has 1 N–H and O–H groups in total. The first-order valence-electron chi connectivity index (χ1n) is 9.64. The van der Waals surface area contributed by atoms with Crippen LogP contribution in [0.3, 0.4) is 0 Å². The number of ether oxygens (including phenoxy) is 1. The summed E-state index contributed by atoms with van der Waals surface area (Å²) in [7, 11) is 1.59. The van der Waals surface area contributed by atoms with E-state index in [1.54, 1.807) is 66.4 Å². The van der Waals surface area contributed by atoms with Crippen molar-refractivity contribution in [3.05, 3.63) is 93.1 Å². The van der Waals surface area contributed by atoms with E-state index in [0.717, 1.165) is 11.3 Å². The van der Waals surface area contributed by atoms with Gasteiger partial charge in [-0.15, -0.1) is 0 Å². The number of benzene rings is 3. The van der Waals surface area contributed by atoms with Gasteiger partial charge in [-0.05, 0) is 61.5 Å². The number of aromatic nitrogens is 2. The molecule has 162 valence electrons. The van der Waals surface area contributed by atoms with E-state index in [0.29, 0.717) is 37.8 Å². The van der Waals surface area contributed by atoms with E-state index in [1.165, 1.54) is 0 Å². The maximum Gasteiger partial charge on any atom is 0.276 e. The highest BCUT2D eigenvalue weighted by Crippen LogP contribution is 2.33. The molecule has 8 heteroatoms. The maximum atomic E-state index is 13.1. The van der Waals surface area contributed by atoms with E-state index >= 15 is 0 Å². The molecule has 1 heterocycles. The van der Waals surface area contributed by atoms with Gasteiger partial charge in [0.05, 0.1) is 23.5 Å². The van der Waals surface area contributed by atoms with Crippen LogP contribution in [0.25, 0.3) is 16.9 Å². The summed E-state index contributed by atoms with van der Waals surface area (Å²) in [6, 6.07) is 19.5. The molecule has 0 saturated heterocycles. The molecule has 0 aliphatic carbocycles. The third-order valence-electron chi connectivity index (χ3n) is 4.94. The fraction of sp³-hybridized carbons (Fsp3) is 0.0833. The molecule has 4 rings (SSSR count). The second-order valence-corrected chi connectivity index (χ2v) is 8.30. The number of nitrogens with zero attached hydrogens (tertiary/aromatic N) is 2. The molecule has 0 fully saturated rings. The van der Waals surface area contributed by atoms with Crippen molar-refractivity contribution in [1.82, 2.24) is 9.78 Å². The minimum Gasteiger partial charge on any atom is -0.497 e. The Morgan fingerprint density at radius 2 is 1.59 bits per heavy atom. The van der Waals surface area contributed by atoms with Gasteiger partial charge in [-0.25, -0.2) is 4.68 Å². The number of rotatable bonds is 5. The molecule has 0 saturated carbocycles. The molecule has 1 amide bonds. The predicted octanol–water partition coefficient (Wildman–Crippen LogP) is 7.07. The van der Waals surface area contributed by atoms with E-state index in [9.17, 15) is 4.79 Å². The normalized spacial score (nSPS) is 10.8. The Balaban J connectivity index is 1.81. The van der Waals surface area contributed by atoms with Crippen LogP contribution >= 0.6 is 34.8 Å². The van der Waals surface area contributed by atoms with Gasteiger partial charge in [0, 0.05) is 26.9 Å². The Labute approximate surface area is 200 Å². The first-order chi connectivity index (χ1) is 15.4. The van der Waals surface area contributed by atoms with E-state index in [4.69, 9.17) is 39.5 Å². The summed E-state index contributed by atoms with van der Waals surface area (Å²) in [6.45, 7) is 1.85. The molecule has 4 aromatic rings. The molecule has 1 aromatic heterocycles. The molecule has 0 aliphatic rings. The lowest BCUT2D eigenvalue weighted by Gasteiger charge is -2.11. The Morgan fingerprint density at radius 3 is 2.22 bits per heavy atom. The first-order valence-corrected chi connectivity index (χ1v) is 10.8. The van der Waals surface area contributed by atoms with E-state index in [1.807, 2.05) is 19.1 Å². The molecule has 0 spiro atoms. The molecule has 5 nitrogen and oxygen atoms in total. The van der Waals surface area contributed by atoms with E-state index in [-0.39, 0.29) is 11.6 Å². The zero-order chi connectivity index (χ0) is 22.8. The largest absolute Gasteiger partial charge is 0.497 e. The second-order valence-electron chi connectivity index (χ2n) is 7.02. The zero-order valence-electron chi connectivity index (χ0n) is 17.2. The second kappa shape index (κ2) is 9.25. The van der Waals surface area contributed by atoms with Gasteiger partial charge in [0.25, 0.3) is 5.91 Å². The van der Waals surface area contributed by atoms with Gasteiger partial charge in [0.1, 0.15) is 5.75 Å². The van der Waals surface area contributed by atoms with Crippen molar-refractivity contribution in [2.75, 3.05) is 12.4 Å². The lowest BCUT2D eigenvalue weighted by molar-refractivity contribution is 0.102. The molecular formula is C24H18Cl3N3O2. The summed E-state index contributed by atoms with van der Waals surface area (Å²) in [6.07, 6.45) is 0. The first kappa shape index (κ1) is 22.2. The van der Waals surface area contributed by atoms with Gasteiger partial charge < -0.3 is 10.1 Å². The van der Waals surface area contributed by atoms with Gasteiger partial charge in [0.15, 0.2) is 5.69 Å². The number of amides is 1. The topological polar surface area (TPSA) is 56.1 Å². The summed E-state index contributed by atoms with van der Waals surface area (Å²) in [5.41, 5.74) is 3.77. The molecule has 0 bridgehead atoms. The third kappa shape index (κ3) is 4.46. The summed E-state index contributed by atoms with van der Waals surface area (Å²) in [5, 5.41) is 9.03. The highest BCUT2D eigenvalue weighted by Gasteiger charge is 2.23. The fourth-order valence-corrected chi connectivity index (χ4v) is 3.96. The van der Waals surface area contributed by atoms with Crippen molar-refractivity contribution in [2.24, 2.45) is 0 Å². The highest BCUT2D eigenvalue weighted by molar-refractivity contribution is 6.35. The van der Waals surface area contributed by atoms with Gasteiger partial charge in [-0.1, -0.05) is 46.9 Å². The average Bonchev–Trinajstić information content (AvgIpc) is 3.12. The van der Waals surface area contributed by atoms with E-state index in [2.05, 4.69) is 10.4 Å². The van der Waals surface area contributed by atoms with Crippen molar-refractivity contribution < 1.29 is 9.53 Å². The van der Waals surface area contributed by atoms with E-state index < -0.39 is 0 Å². The van der Waals surface area contributed by atoms with Crippen LogP contribution in [0.5, 0.6) is 5.75 Å². The quantitative estimate of drug-likeness (QED) is 0.328. The van der Waals surface area contributed by atoms with Crippen LogP contribution in [0.15, 0.2) is 66.7 Å². The van der Waals surface area contributed by atoms with Crippen molar-refractivity contribution in [2.45, 2.75) is 6.92 Å². The Morgan fingerprint density at radius 1 is 0.938 bits per heavy atom. The number of methoxy groups -OCH3 is 1. The van der Waals surface area contributed by atoms with Crippen molar-refractivity contribution in [3.63, 3.8) is 0 Å². The molecule has 0 unspecified atom stereocenters. The lowest BCUT2D eigenvalue weighted by atomic mass is 10.1. The minimum atomic E-state index is -0.341. The third-order valence-corrected chi connectivity index (χ3v) is 5.73. The Kier molecular flexibility index (Phi) is 6.42. The van der Waals surface area contributed by atoms with Crippen molar-refractivity contribution in [1.29, 1.82) is 0 Å². The zero-order valence-corrected chi connectivity index (χ0v) is 19.5. The fourth-order valence-electron chi connectivity index (χ4n) is 3.35. The molecular weight excluding hydrogens is 469 g/mol. The SMILES string of the molecule is COc1ccc(NC(=O)c2nn(-c3ccc(Cl)cc3Cl)c(-c3ccc(Cl)cc3)c2C)cc1. The van der Waals surface area contributed by atoms with Crippen LogP contribution in [-0.4, -0.2) is 22.8 Å². The molecule has 3 aromatic carbocycles. The summed E-state index contributed by atoms with van der Waals surface area (Å²) in [4.78, 5) is 13.1. The standard InChI is InChI=1S/C24H18Cl3N3O2/c1-14-22(24(31)28-18-8-10-19(32-2)11-9-18)29-30(21-12-7-17(26)13-20(21)27)23(14)15-3-5-16(25)6-4-15/h3-13H,1-2H3,(H,28,31). The number of hydrogen-bond acceptors (Lipinski definition) is 3. The lowest BCUT2D eigenvalue weighted by Crippen LogP contribution is -2.14. The van der Waals surface area contributed by atoms with Crippen LogP contribution in [0.2, 0.25) is 15.1 Å². The summed E-state index contributed by atoms with van der Waals surface area (Å²) < 4.78 is 6.82. The Hall–Kier alpha value is -2.99. The number of halogens is 3. The maximum absolute atomic E-state index is 13.1. The van der Waals surface area contributed by atoms with Gasteiger partial charge in [-0.3, -0.25) is 4.79 Å². The summed E-state index contributed by atoms with van der Waals surface area (Å²) in [5.74, 6) is 0.359. The monoisotopic (exact) mass is 485 g/mol. The number of carbonyl (C=O) groups is 1. The highest BCUT2D eigenvalue weighted by atomic mass is 35.5. The smallest absolute Gasteiger partial charge is 0.276 e. The van der Waals surface area contributed by atoms with Crippen LogP contribution < -0.4 is 10.1 Å². The molecule has 0 radical (unpaired) electrons. The predicted molar refractivity (Wildman–Crippen MR) is 130 cm³/mol. The van der Waals surface area contributed by atoms with Gasteiger partial charge >= 0.3 is 0 Å². The van der Waals surface area contributed by atoms with Crippen molar-refractivity contribution >= 4 is 46.4 Å². The van der Waals surface area contributed by atoms with Crippen LogP contribution in [-0.2, 0) is 0 Å². The number of anilines is 1. The summed E-state index contributed by atoms with van der Waals surface area (Å²) >= 11 is 18.6. The number of nitrogens with one attached hydrogen (secondary N) is 1. The number of carbonyl (C=O) groups excluding carboxylic acids is 1. The number of hydrogen-bond donors (Lipinski definition) is 1. The van der Waals surface area contributed by atoms with Crippen LogP contribution in [0.4, 0.5) is 5.69 Å². The van der Waals surface area contributed by atoms with Gasteiger partial charge in [0.2, 0.25) is 0 Å². The minimum absolute atomic E-state index is 0.275. The average molecular weight is 487 g/mol. The molecule has 0 aliphatic heterocycles. The Bertz CT molecular complexity index is 1280. The molecule has 32 heavy (non-hydrogen) atoms. The van der Waals surface area contributed by atoms with Gasteiger partial charge in [-0.2, -0.15) is 5.10 Å². The van der Waals surface area contributed by atoms with Crippen molar-refractivity contribution in [3.8, 4) is 22.7 Å². The van der Waals surface area contributed by atoms with Crippen LogP contribution in [0.1, 0.15) is 16.1 Å². The van der Waals surface area contributed by atoms with Crippen LogP contribution in [0, 0.1) is 6.92 Å². The molecule has 0 atom stereocenters.